The lowest BCUT2D eigenvalue weighted by Gasteiger charge is -1.96. The SMILES string of the molecule is CCCn1nncc1C#CCN. The normalized spacial score (nSPS) is 9.17. The zero-order chi connectivity index (χ0) is 8.81. The first-order chi connectivity index (χ1) is 5.88. The molecule has 0 aliphatic heterocycles. The van der Waals surface area contributed by atoms with Gasteiger partial charge in [-0.15, -0.1) is 5.10 Å². The molecule has 1 aromatic rings. The Morgan fingerprint density at radius 3 is 3.17 bits per heavy atom. The first-order valence-corrected chi connectivity index (χ1v) is 3.96. The van der Waals surface area contributed by atoms with E-state index in [1.165, 1.54) is 0 Å². The van der Waals surface area contributed by atoms with Crippen LogP contribution in [0.3, 0.4) is 0 Å². The molecule has 0 fully saturated rings. The molecule has 0 aliphatic carbocycles. The quantitative estimate of drug-likeness (QED) is 0.626. The van der Waals surface area contributed by atoms with E-state index in [0.29, 0.717) is 6.54 Å². The Morgan fingerprint density at radius 2 is 2.50 bits per heavy atom. The predicted molar refractivity (Wildman–Crippen MR) is 46.2 cm³/mol. The minimum absolute atomic E-state index is 0.372. The second kappa shape index (κ2) is 4.52. The summed E-state index contributed by atoms with van der Waals surface area (Å²) >= 11 is 0. The highest BCUT2D eigenvalue weighted by Crippen LogP contribution is 1.94. The Bertz CT molecular complexity index is 291. The summed E-state index contributed by atoms with van der Waals surface area (Å²) in [6.45, 7) is 3.31. The summed E-state index contributed by atoms with van der Waals surface area (Å²) in [7, 11) is 0. The first kappa shape index (κ1) is 8.75. The van der Waals surface area contributed by atoms with E-state index in [4.69, 9.17) is 5.73 Å². The maximum atomic E-state index is 5.25. The predicted octanol–water partition coefficient (Wildman–Crippen LogP) is -0.00170. The molecule has 4 heteroatoms. The summed E-state index contributed by atoms with van der Waals surface area (Å²) in [5.74, 6) is 5.67. The molecule has 1 rings (SSSR count). The topological polar surface area (TPSA) is 56.7 Å². The van der Waals surface area contributed by atoms with Crippen LogP contribution in [-0.2, 0) is 6.54 Å². The highest BCUT2D eigenvalue weighted by Gasteiger charge is 1.97. The van der Waals surface area contributed by atoms with Crippen molar-refractivity contribution in [1.29, 1.82) is 0 Å². The van der Waals surface area contributed by atoms with E-state index >= 15 is 0 Å². The van der Waals surface area contributed by atoms with Crippen molar-refractivity contribution in [2.24, 2.45) is 5.73 Å². The van der Waals surface area contributed by atoms with Gasteiger partial charge in [-0.25, -0.2) is 4.68 Å². The average molecular weight is 164 g/mol. The third-order valence-corrected chi connectivity index (χ3v) is 1.37. The molecule has 0 spiro atoms. The van der Waals surface area contributed by atoms with Crippen molar-refractivity contribution < 1.29 is 0 Å². The molecule has 0 radical (unpaired) electrons. The highest BCUT2D eigenvalue weighted by molar-refractivity contribution is 5.24. The fraction of sp³-hybridized carbons (Fsp3) is 0.500. The van der Waals surface area contributed by atoms with Crippen molar-refractivity contribution in [1.82, 2.24) is 15.0 Å². The Hall–Kier alpha value is -1.34. The fourth-order valence-electron chi connectivity index (χ4n) is 0.873. The standard InChI is InChI=1S/C8H12N4/c1-2-6-12-8(4-3-5-9)7-10-11-12/h7H,2,5-6,9H2,1H3. The van der Waals surface area contributed by atoms with E-state index in [0.717, 1.165) is 18.7 Å². The number of hydrogen-bond acceptors (Lipinski definition) is 3. The summed E-state index contributed by atoms with van der Waals surface area (Å²) < 4.78 is 1.78. The van der Waals surface area contributed by atoms with Crippen LogP contribution >= 0.6 is 0 Å². The first-order valence-electron chi connectivity index (χ1n) is 3.96. The zero-order valence-electron chi connectivity index (χ0n) is 7.12. The van der Waals surface area contributed by atoms with Gasteiger partial charge in [0.25, 0.3) is 0 Å². The summed E-state index contributed by atoms with van der Waals surface area (Å²) in [6, 6.07) is 0. The van der Waals surface area contributed by atoms with Crippen molar-refractivity contribution in [3.8, 4) is 11.8 Å². The summed E-state index contributed by atoms with van der Waals surface area (Å²) in [5, 5.41) is 7.65. The van der Waals surface area contributed by atoms with Gasteiger partial charge in [-0.1, -0.05) is 18.1 Å². The monoisotopic (exact) mass is 164 g/mol. The smallest absolute Gasteiger partial charge is 0.131 e. The molecule has 64 valence electrons. The van der Waals surface area contributed by atoms with Gasteiger partial charge in [0, 0.05) is 6.54 Å². The van der Waals surface area contributed by atoms with Gasteiger partial charge < -0.3 is 5.73 Å². The maximum Gasteiger partial charge on any atom is 0.131 e. The van der Waals surface area contributed by atoms with Gasteiger partial charge in [0.05, 0.1) is 12.7 Å². The van der Waals surface area contributed by atoms with Crippen molar-refractivity contribution >= 4 is 0 Å². The Labute approximate surface area is 71.8 Å². The van der Waals surface area contributed by atoms with Crippen LogP contribution in [0.2, 0.25) is 0 Å². The van der Waals surface area contributed by atoms with E-state index in [1.807, 2.05) is 0 Å². The van der Waals surface area contributed by atoms with E-state index < -0.39 is 0 Å². The molecule has 4 nitrogen and oxygen atoms in total. The van der Waals surface area contributed by atoms with Crippen LogP contribution in [0.5, 0.6) is 0 Å². The third-order valence-electron chi connectivity index (χ3n) is 1.37. The summed E-state index contributed by atoms with van der Waals surface area (Å²) in [4.78, 5) is 0. The molecule has 0 bridgehead atoms. The van der Waals surface area contributed by atoms with Gasteiger partial charge >= 0.3 is 0 Å². The van der Waals surface area contributed by atoms with E-state index in [-0.39, 0.29) is 0 Å². The average Bonchev–Trinajstić information content (AvgIpc) is 2.50. The van der Waals surface area contributed by atoms with Gasteiger partial charge in [-0.05, 0) is 12.3 Å². The number of nitrogens with zero attached hydrogens (tertiary/aromatic N) is 3. The van der Waals surface area contributed by atoms with E-state index in [9.17, 15) is 0 Å². The van der Waals surface area contributed by atoms with Gasteiger partial charge in [0.2, 0.25) is 0 Å². The number of hydrogen-bond donors (Lipinski definition) is 1. The van der Waals surface area contributed by atoms with Crippen LogP contribution in [0.15, 0.2) is 6.20 Å². The van der Waals surface area contributed by atoms with Crippen LogP contribution in [0.25, 0.3) is 0 Å². The van der Waals surface area contributed by atoms with Crippen molar-refractivity contribution in [2.75, 3.05) is 6.54 Å². The molecule has 12 heavy (non-hydrogen) atoms. The van der Waals surface area contributed by atoms with Crippen LogP contribution in [0.4, 0.5) is 0 Å². The minimum atomic E-state index is 0.372. The fourth-order valence-corrected chi connectivity index (χ4v) is 0.873. The lowest BCUT2D eigenvalue weighted by molar-refractivity contribution is 0.574. The van der Waals surface area contributed by atoms with E-state index in [1.54, 1.807) is 10.9 Å². The molecule has 0 aromatic carbocycles. The van der Waals surface area contributed by atoms with Gasteiger partial charge in [-0.3, -0.25) is 0 Å². The van der Waals surface area contributed by atoms with Crippen molar-refractivity contribution in [2.45, 2.75) is 19.9 Å². The molecule has 0 unspecified atom stereocenters. The van der Waals surface area contributed by atoms with Crippen molar-refractivity contribution in [3.63, 3.8) is 0 Å². The lowest BCUT2D eigenvalue weighted by atomic mass is 10.4. The largest absolute Gasteiger partial charge is 0.320 e. The number of aryl methyl sites for hydroxylation is 1. The maximum absolute atomic E-state index is 5.25. The lowest BCUT2D eigenvalue weighted by Crippen LogP contribution is -2.02. The van der Waals surface area contributed by atoms with Gasteiger partial charge in [0.15, 0.2) is 0 Å². The van der Waals surface area contributed by atoms with E-state index in [2.05, 4.69) is 29.1 Å². The molecule has 0 atom stereocenters. The molecule has 1 aromatic heterocycles. The molecule has 0 saturated carbocycles. The minimum Gasteiger partial charge on any atom is -0.320 e. The second-order valence-corrected chi connectivity index (χ2v) is 2.35. The molecular weight excluding hydrogens is 152 g/mol. The summed E-state index contributed by atoms with van der Waals surface area (Å²) in [5.41, 5.74) is 6.08. The number of nitrogens with two attached hydrogens (primary N) is 1. The van der Waals surface area contributed by atoms with Gasteiger partial charge in [-0.2, -0.15) is 0 Å². The Balaban J connectivity index is 2.76. The molecule has 2 N–H and O–H groups in total. The summed E-state index contributed by atoms with van der Waals surface area (Å²) in [6.07, 6.45) is 2.68. The Kier molecular flexibility index (Phi) is 3.30. The molecule has 0 amide bonds. The van der Waals surface area contributed by atoms with Crippen LogP contribution in [-0.4, -0.2) is 21.5 Å². The van der Waals surface area contributed by atoms with Crippen LogP contribution in [0.1, 0.15) is 19.0 Å². The Morgan fingerprint density at radius 1 is 1.67 bits per heavy atom. The number of rotatable bonds is 2. The number of aromatic nitrogens is 3. The van der Waals surface area contributed by atoms with Crippen LogP contribution in [0, 0.1) is 11.8 Å². The molecule has 0 aliphatic rings. The third kappa shape index (κ3) is 2.07. The highest BCUT2D eigenvalue weighted by atomic mass is 15.4. The zero-order valence-corrected chi connectivity index (χ0v) is 7.12. The van der Waals surface area contributed by atoms with Crippen molar-refractivity contribution in [3.05, 3.63) is 11.9 Å². The van der Waals surface area contributed by atoms with Gasteiger partial charge in [0.1, 0.15) is 5.69 Å². The molecular formula is C8H12N4. The van der Waals surface area contributed by atoms with Crippen LogP contribution < -0.4 is 5.73 Å². The molecule has 1 heterocycles. The second-order valence-electron chi connectivity index (χ2n) is 2.35. The molecule has 0 saturated heterocycles.